The molecule has 1 heterocycles. The Morgan fingerprint density at radius 3 is 2.82 bits per heavy atom. The molecule has 0 spiro atoms. The Morgan fingerprint density at radius 1 is 1.35 bits per heavy atom. The van der Waals surface area contributed by atoms with E-state index in [0.717, 1.165) is 5.56 Å². The number of carbonyl (C=O) groups is 1. The number of methoxy groups -OCH3 is 1. The number of aromatic nitrogens is 1. The van der Waals surface area contributed by atoms with Crippen molar-refractivity contribution in [1.29, 1.82) is 0 Å². The predicted octanol–water partition coefficient (Wildman–Crippen LogP) is 2.53. The monoisotopic (exact) mass is 229 g/mol. The second-order valence-corrected chi connectivity index (χ2v) is 3.29. The van der Waals surface area contributed by atoms with Gasteiger partial charge in [-0.2, -0.15) is 0 Å². The van der Waals surface area contributed by atoms with Gasteiger partial charge in [0, 0.05) is 17.7 Å². The van der Waals surface area contributed by atoms with E-state index < -0.39 is 5.97 Å². The number of carbonyl (C=O) groups excluding carboxylic acids is 1. The van der Waals surface area contributed by atoms with Crippen LogP contribution in [-0.2, 0) is 9.53 Å². The zero-order valence-corrected chi connectivity index (χ0v) is 9.29. The number of hydrogen-bond acceptors (Lipinski definition) is 4. The summed E-state index contributed by atoms with van der Waals surface area (Å²) < 4.78 is 9.93. The van der Waals surface area contributed by atoms with Gasteiger partial charge in [0.15, 0.2) is 5.76 Å². The number of nitrogens with zero attached hydrogens (tertiary/aromatic N) is 1. The Labute approximate surface area is 98.5 Å². The van der Waals surface area contributed by atoms with E-state index in [-0.39, 0.29) is 0 Å². The van der Waals surface area contributed by atoms with Gasteiger partial charge in [0.1, 0.15) is 0 Å². The Balaban J connectivity index is 2.17. The highest BCUT2D eigenvalue weighted by Gasteiger charge is 2.03. The topological polar surface area (TPSA) is 52.3 Å². The van der Waals surface area contributed by atoms with Crippen LogP contribution < -0.4 is 0 Å². The van der Waals surface area contributed by atoms with Crippen LogP contribution in [0.3, 0.4) is 0 Å². The summed E-state index contributed by atoms with van der Waals surface area (Å²) >= 11 is 0. The average molecular weight is 229 g/mol. The maximum absolute atomic E-state index is 10.9. The largest absolute Gasteiger partial charge is 0.466 e. The normalized spacial score (nSPS) is 10.6. The van der Waals surface area contributed by atoms with Crippen molar-refractivity contribution in [3.05, 3.63) is 48.5 Å². The van der Waals surface area contributed by atoms with Gasteiger partial charge in [-0.3, -0.25) is 0 Å². The molecule has 0 fully saturated rings. The summed E-state index contributed by atoms with van der Waals surface area (Å²) in [4.78, 5) is 14.9. The lowest BCUT2D eigenvalue weighted by atomic mass is 10.2. The number of benzene rings is 1. The zero-order chi connectivity index (χ0) is 12.1. The van der Waals surface area contributed by atoms with Gasteiger partial charge in [-0.15, -0.1) is 0 Å². The number of rotatable bonds is 3. The molecule has 1 aromatic carbocycles. The zero-order valence-electron chi connectivity index (χ0n) is 9.29. The smallest absolute Gasteiger partial charge is 0.330 e. The SMILES string of the molecule is COC(=O)/C=C/c1ncc(-c2ccccc2)o1. The van der Waals surface area contributed by atoms with Crippen molar-refractivity contribution in [2.45, 2.75) is 0 Å². The first-order valence-electron chi connectivity index (χ1n) is 5.07. The fourth-order valence-corrected chi connectivity index (χ4v) is 1.31. The molecule has 0 amide bonds. The van der Waals surface area contributed by atoms with Crippen molar-refractivity contribution >= 4 is 12.0 Å². The molecule has 0 radical (unpaired) electrons. The summed E-state index contributed by atoms with van der Waals surface area (Å²) in [6.07, 6.45) is 4.35. The van der Waals surface area contributed by atoms with E-state index in [9.17, 15) is 4.79 Å². The van der Waals surface area contributed by atoms with Gasteiger partial charge in [-0.05, 0) is 0 Å². The molecule has 4 nitrogen and oxygen atoms in total. The molecular weight excluding hydrogens is 218 g/mol. The van der Waals surface area contributed by atoms with E-state index in [1.165, 1.54) is 19.3 Å². The predicted molar refractivity (Wildman–Crippen MR) is 63.0 cm³/mol. The Bertz CT molecular complexity index is 529. The van der Waals surface area contributed by atoms with Crippen LogP contribution in [0.1, 0.15) is 5.89 Å². The summed E-state index contributed by atoms with van der Waals surface area (Å²) in [5.74, 6) is 0.592. The molecule has 0 bridgehead atoms. The lowest BCUT2D eigenvalue weighted by molar-refractivity contribution is -0.134. The lowest BCUT2D eigenvalue weighted by Gasteiger charge is -1.93. The van der Waals surface area contributed by atoms with Crippen molar-refractivity contribution in [2.24, 2.45) is 0 Å². The number of oxazole rings is 1. The second-order valence-electron chi connectivity index (χ2n) is 3.29. The molecule has 2 rings (SSSR count). The summed E-state index contributed by atoms with van der Waals surface area (Å²) in [6.45, 7) is 0. The molecule has 0 saturated heterocycles. The summed E-state index contributed by atoms with van der Waals surface area (Å²) in [5, 5.41) is 0. The lowest BCUT2D eigenvalue weighted by Crippen LogP contribution is -1.93. The van der Waals surface area contributed by atoms with E-state index >= 15 is 0 Å². The first-order valence-corrected chi connectivity index (χ1v) is 5.07. The van der Waals surface area contributed by atoms with Crippen LogP contribution in [0.15, 0.2) is 47.0 Å². The fraction of sp³-hybridized carbons (Fsp3) is 0.0769. The van der Waals surface area contributed by atoms with Gasteiger partial charge in [-0.1, -0.05) is 30.3 Å². The van der Waals surface area contributed by atoms with Crippen molar-refractivity contribution in [3.8, 4) is 11.3 Å². The number of esters is 1. The first kappa shape index (κ1) is 11.1. The summed E-state index contributed by atoms with van der Waals surface area (Å²) in [6, 6.07) is 9.62. The standard InChI is InChI=1S/C13H11NO3/c1-16-13(15)8-7-12-14-9-11(17-12)10-5-3-2-4-6-10/h2-9H,1H3/b8-7+. The van der Waals surface area contributed by atoms with Gasteiger partial charge in [0.05, 0.1) is 13.3 Å². The van der Waals surface area contributed by atoms with E-state index in [0.29, 0.717) is 11.7 Å². The van der Waals surface area contributed by atoms with Crippen molar-refractivity contribution in [3.63, 3.8) is 0 Å². The molecule has 17 heavy (non-hydrogen) atoms. The molecule has 0 unspecified atom stereocenters. The quantitative estimate of drug-likeness (QED) is 0.599. The fourth-order valence-electron chi connectivity index (χ4n) is 1.31. The van der Waals surface area contributed by atoms with Crippen molar-refractivity contribution < 1.29 is 13.9 Å². The Hall–Kier alpha value is -2.36. The molecule has 0 aliphatic heterocycles. The summed E-state index contributed by atoms with van der Waals surface area (Å²) in [7, 11) is 1.32. The molecule has 0 aliphatic carbocycles. The molecule has 0 atom stereocenters. The number of ether oxygens (including phenoxy) is 1. The maximum atomic E-state index is 10.9. The molecule has 86 valence electrons. The highest BCUT2D eigenvalue weighted by Crippen LogP contribution is 2.20. The molecule has 2 aromatic rings. The van der Waals surface area contributed by atoms with Crippen LogP contribution in [0.4, 0.5) is 0 Å². The van der Waals surface area contributed by atoms with Crippen molar-refractivity contribution in [1.82, 2.24) is 4.98 Å². The van der Waals surface area contributed by atoms with Gasteiger partial charge in [0.2, 0.25) is 5.89 Å². The minimum absolute atomic E-state index is 0.370. The van der Waals surface area contributed by atoms with E-state index in [4.69, 9.17) is 4.42 Å². The molecule has 4 heteroatoms. The number of hydrogen-bond donors (Lipinski definition) is 0. The van der Waals surface area contributed by atoms with Crippen LogP contribution in [0.2, 0.25) is 0 Å². The average Bonchev–Trinajstić information content (AvgIpc) is 2.86. The Morgan fingerprint density at radius 2 is 2.12 bits per heavy atom. The third-order valence-corrected chi connectivity index (χ3v) is 2.15. The van der Waals surface area contributed by atoms with Gasteiger partial charge < -0.3 is 9.15 Å². The highest BCUT2D eigenvalue weighted by atomic mass is 16.5. The van der Waals surface area contributed by atoms with Crippen LogP contribution in [0.25, 0.3) is 17.4 Å². The molecule has 0 saturated carbocycles. The molecule has 0 N–H and O–H groups in total. The van der Waals surface area contributed by atoms with Crippen molar-refractivity contribution in [2.75, 3.05) is 7.11 Å². The maximum Gasteiger partial charge on any atom is 0.330 e. The minimum atomic E-state index is -0.440. The Kier molecular flexibility index (Phi) is 3.35. The van der Waals surface area contributed by atoms with Crippen LogP contribution in [0, 0.1) is 0 Å². The van der Waals surface area contributed by atoms with Crippen LogP contribution in [-0.4, -0.2) is 18.1 Å². The third kappa shape index (κ3) is 2.81. The van der Waals surface area contributed by atoms with E-state index in [1.807, 2.05) is 30.3 Å². The van der Waals surface area contributed by atoms with Gasteiger partial charge >= 0.3 is 5.97 Å². The minimum Gasteiger partial charge on any atom is -0.466 e. The van der Waals surface area contributed by atoms with Crippen LogP contribution >= 0.6 is 0 Å². The summed E-state index contributed by atoms with van der Waals surface area (Å²) in [5.41, 5.74) is 0.942. The van der Waals surface area contributed by atoms with Crippen LogP contribution in [0.5, 0.6) is 0 Å². The molecular formula is C13H11NO3. The third-order valence-electron chi connectivity index (χ3n) is 2.15. The highest BCUT2D eigenvalue weighted by molar-refractivity contribution is 5.86. The van der Waals surface area contributed by atoms with E-state index in [1.54, 1.807) is 6.20 Å². The van der Waals surface area contributed by atoms with Gasteiger partial charge in [-0.25, -0.2) is 9.78 Å². The molecule has 1 aromatic heterocycles. The first-order chi connectivity index (χ1) is 8.29. The second kappa shape index (κ2) is 5.12. The van der Waals surface area contributed by atoms with E-state index in [2.05, 4.69) is 9.72 Å². The van der Waals surface area contributed by atoms with Gasteiger partial charge in [0.25, 0.3) is 0 Å². The molecule has 0 aliphatic rings.